The topological polar surface area (TPSA) is 121 Å². The number of aryl methyl sites for hydroxylation is 3. The Morgan fingerprint density at radius 1 is 1.00 bits per heavy atom. The minimum atomic E-state index is -0.204. The smallest absolute Gasteiger partial charge is 0.272 e. The minimum Gasteiger partial charge on any atom is -0.495 e. The number of nitrogen functional groups attached to an aromatic ring is 1. The number of methoxy groups -OCH3 is 1. The molecule has 3 N–H and O–H groups in total. The fourth-order valence-corrected chi connectivity index (χ4v) is 7.67. The fraction of sp³-hybridized carbons (Fsp3) is 0.333. The van der Waals surface area contributed by atoms with Gasteiger partial charge in [0.25, 0.3) is 5.91 Å². The lowest BCUT2D eigenvalue weighted by Gasteiger charge is -2.39. The minimum absolute atomic E-state index is 0.204. The summed E-state index contributed by atoms with van der Waals surface area (Å²) in [6, 6.07) is 18.8. The number of hydrogen-bond donors (Lipinski definition) is 2. The second-order valence-corrected chi connectivity index (χ2v) is 12.8. The zero-order valence-electron chi connectivity index (χ0n) is 27.0. The van der Waals surface area contributed by atoms with E-state index in [2.05, 4.69) is 48.7 Å². The van der Waals surface area contributed by atoms with Gasteiger partial charge in [0, 0.05) is 73.5 Å². The average Bonchev–Trinajstić information content (AvgIpc) is 3.77. The molecular formula is C36H39N9O2. The zero-order chi connectivity index (χ0) is 32.2. The number of benzene rings is 2. The summed E-state index contributed by atoms with van der Waals surface area (Å²) in [7, 11) is 3.51. The van der Waals surface area contributed by atoms with Crippen LogP contribution < -0.4 is 15.8 Å². The number of piperidine rings is 1. The van der Waals surface area contributed by atoms with Gasteiger partial charge in [-0.25, -0.2) is 9.97 Å². The first-order chi connectivity index (χ1) is 22.9. The number of carbonyl (C=O) groups excluding carboxylic acids is 1. The molecule has 11 nitrogen and oxygen atoms in total. The van der Waals surface area contributed by atoms with Gasteiger partial charge in [-0.15, -0.1) is 0 Å². The van der Waals surface area contributed by atoms with E-state index in [1.165, 1.54) is 5.69 Å². The van der Waals surface area contributed by atoms with Crippen LogP contribution in [-0.2, 0) is 20.0 Å². The summed E-state index contributed by atoms with van der Waals surface area (Å²) in [5.41, 5.74) is 13.8. The predicted octanol–water partition coefficient (Wildman–Crippen LogP) is 5.59. The molecule has 6 aromatic rings. The molecule has 6 heterocycles. The van der Waals surface area contributed by atoms with Gasteiger partial charge in [-0.05, 0) is 62.1 Å². The van der Waals surface area contributed by atoms with Crippen molar-refractivity contribution in [1.29, 1.82) is 0 Å². The Bertz CT molecular complexity index is 2130. The molecule has 0 spiro atoms. The number of likely N-dealkylation sites (tertiary alicyclic amines) is 1. The number of nitrogens with zero attached hydrogens (tertiary/aromatic N) is 7. The number of aromatic nitrogens is 6. The lowest BCUT2D eigenvalue weighted by atomic mass is 9.97. The number of nitrogens with one attached hydrogen (secondary N) is 1. The molecule has 1 fully saturated rings. The summed E-state index contributed by atoms with van der Waals surface area (Å²) >= 11 is 0. The van der Waals surface area contributed by atoms with Gasteiger partial charge in [-0.2, -0.15) is 5.10 Å². The third-order valence-corrected chi connectivity index (χ3v) is 10.1. The molecule has 11 heteroatoms. The molecule has 2 aliphatic heterocycles. The molecule has 47 heavy (non-hydrogen) atoms. The van der Waals surface area contributed by atoms with Gasteiger partial charge in [0.05, 0.1) is 23.9 Å². The summed E-state index contributed by atoms with van der Waals surface area (Å²) in [4.78, 5) is 25.1. The highest BCUT2D eigenvalue weighted by molar-refractivity contribution is 6.07. The number of amides is 1. The van der Waals surface area contributed by atoms with E-state index < -0.39 is 0 Å². The highest BCUT2D eigenvalue weighted by atomic mass is 16.5. The lowest BCUT2D eigenvalue weighted by Crippen LogP contribution is -2.45. The van der Waals surface area contributed by atoms with E-state index in [-0.39, 0.29) is 5.91 Å². The van der Waals surface area contributed by atoms with Crippen molar-refractivity contribution < 1.29 is 9.53 Å². The first-order valence-electron chi connectivity index (χ1n) is 16.3. The van der Waals surface area contributed by atoms with Crippen molar-refractivity contribution in [2.24, 2.45) is 7.05 Å². The van der Waals surface area contributed by atoms with Crippen molar-refractivity contribution in [1.82, 2.24) is 33.8 Å². The molecule has 4 aromatic heterocycles. The Morgan fingerprint density at radius 3 is 2.62 bits per heavy atom. The summed E-state index contributed by atoms with van der Waals surface area (Å²) in [6.07, 6.45) is 7.98. The average molecular weight is 630 g/mol. The molecule has 0 aliphatic carbocycles. The van der Waals surface area contributed by atoms with Gasteiger partial charge < -0.3 is 24.9 Å². The Hall–Kier alpha value is -5.16. The van der Waals surface area contributed by atoms with Crippen LogP contribution in [0.3, 0.4) is 0 Å². The van der Waals surface area contributed by atoms with E-state index in [1.807, 2.05) is 60.1 Å². The Labute approximate surface area is 273 Å². The number of ether oxygens (including phenoxy) is 1. The summed E-state index contributed by atoms with van der Waals surface area (Å²) in [6.45, 7) is 5.14. The standard InChI is InChI=1S/C36H39N9O2/c1-22-16-27-19-26(12-15-45(27)41-22)43-13-10-25(11-14-43)44-20-28(33-34(37)38-21-39-35(33)44)23-8-9-29(32(18-23)47-3)40-36(46)31-17-24-6-4-5-7-30(24)42(31)2/h4-9,16-18,20-21,25-26H,10-15,19H2,1-3H3,(H,40,46)(H2,37,38,39)/t26-/m0/s1. The molecular weight excluding hydrogens is 590 g/mol. The van der Waals surface area contributed by atoms with E-state index in [0.29, 0.717) is 35.0 Å². The quantitative estimate of drug-likeness (QED) is 0.246. The van der Waals surface area contributed by atoms with Crippen LogP contribution in [0.15, 0.2) is 67.1 Å². The van der Waals surface area contributed by atoms with Crippen molar-refractivity contribution in [2.45, 2.75) is 51.2 Å². The molecule has 0 saturated carbocycles. The maximum atomic E-state index is 13.4. The van der Waals surface area contributed by atoms with Crippen LogP contribution in [0.4, 0.5) is 11.5 Å². The Morgan fingerprint density at radius 2 is 1.81 bits per heavy atom. The number of hydrogen-bond acceptors (Lipinski definition) is 7. The highest BCUT2D eigenvalue weighted by Gasteiger charge is 2.31. The van der Waals surface area contributed by atoms with E-state index in [4.69, 9.17) is 15.5 Å². The summed E-state index contributed by atoms with van der Waals surface area (Å²) in [5, 5.41) is 9.54. The normalized spacial score (nSPS) is 17.3. The van der Waals surface area contributed by atoms with Crippen molar-refractivity contribution in [3.63, 3.8) is 0 Å². The van der Waals surface area contributed by atoms with Gasteiger partial charge in [-0.3, -0.25) is 14.4 Å². The second-order valence-electron chi connectivity index (χ2n) is 12.8. The Kier molecular flexibility index (Phi) is 7.20. The number of anilines is 2. The van der Waals surface area contributed by atoms with Gasteiger partial charge in [0.2, 0.25) is 0 Å². The highest BCUT2D eigenvalue weighted by Crippen LogP contribution is 2.40. The zero-order valence-corrected chi connectivity index (χ0v) is 27.0. The maximum absolute atomic E-state index is 13.4. The molecule has 2 aromatic carbocycles. The second kappa shape index (κ2) is 11.6. The van der Waals surface area contributed by atoms with Crippen molar-refractivity contribution in [3.8, 4) is 16.9 Å². The largest absolute Gasteiger partial charge is 0.495 e. The van der Waals surface area contributed by atoms with Crippen LogP contribution in [0.2, 0.25) is 0 Å². The Balaban J connectivity index is 1.05. The van der Waals surface area contributed by atoms with Crippen molar-refractivity contribution >= 4 is 39.3 Å². The van der Waals surface area contributed by atoms with Gasteiger partial charge in [0.15, 0.2) is 0 Å². The molecule has 0 unspecified atom stereocenters. The van der Waals surface area contributed by atoms with Gasteiger partial charge >= 0.3 is 0 Å². The molecule has 1 amide bonds. The van der Waals surface area contributed by atoms with E-state index in [9.17, 15) is 4.79 Å². The van der Waals surface area contributed by atoms with Crippen molar-refractivity contribution in [2.75, 3.05) is 31.2 Å². The number of rotatable bonds is 6. The van der Waals surface area contributed by atoms with E-state index in [1.54, 1.807) is 13.4 Å². The molecule has 0 bridgehead atoms. The fourth-order valence-electron chi connectivity index (χ4n) is 7.67. The van der Waals surface area contributed by atoms with Gasteiger partial charge in [0.1, 0.15) is 29.2 Å². The first kappa shape index (κ1) is 29.3. The van der Waals surface area contributed by atoms with Gasteiger partial charge in [-0.1, -0.05) is 24.3 Å². The number of para-hydroxylation sites is 1. The van der Waals surface area contributed by atoms with E-state index >= 15 is 0 Å². The van der Waals surface area contributed by atoms with Crippen LogP contribution in [-0.4, -0.2) is 65.9 Å². The SMILES string of the molecule is COc1cc(-c2cn(C3CCN([C@H]4CCn5nc(C)cc5C4)CC3)c3ncnc(N)c23)ccc1NC(=O)c1cc2ccccc2n1C. The number of carbonyl (C=O) groups is 1. The van der Waals surface area contributed by atoms with Crippen LogP contribution in [0.1, 0.15) is 47.2 Å². The molecule has 8 rings (SSSR count). The van der Waals surface area contributed by atoms with Crippen LogP contribution in [0.5, 0.6) is 5.75 Å². The molecule has 240 valence electrons. The van der Waals surface area contributed by atoms with Crippen molar-refractivity contribution in [3.05, 3.63) is 84.2 Å². The summed E-state index contributed by atoms with van der Waals surface area (Å²) < 4.78 is 12.2. The van der Waals surface area contributed by atoms with Crippen LogP contribution >= 0.6 is 0 Å². The number of nitrogens with two attached hydrogens (primary N) is 1. The third kappa shape index (κ3) is 5.11. The molecule has 2 aliphatic rings. The first-order valence-corrected chi connectivity index (χ1v) is 16.3. The molecule has 1 saturated heterocycles. The molecule has 1 atom stereocenters. The maximum Gasteiger partial charge on any atom is 0.272 e. The lowest BCUT2D eigenvalue weighted by molar-refractivity contribution is 0.101. The monoisotopic (exact) mass is 629 g/mol. The third-order valence-electron chi connectivity index (χ3n) is 10.1. The van der Waals surface area contributed by atoms with Crippen LogP contribution in [0, 0.1) is 6.92 Å². The summed E-state index contributed by atoms with van der Waals surface area (Å²) in [5.74, 6) is 0.801. The van der Waals surface area contributed by atoms with Crippen LogP contribution in [0.25, 0.3) is 33.1 Å². The number of fused-ring (bicyclic) bond motifs is 3. The predicted molar refractivity (Wildman–Crippen MR) is 184 cm³/mol. The molecule has 0 radical (unpaired) electrons. The van der Waals surface area contributed by atoms with E-state index in [0.717, 1.165) is 84.1 Å².